The molecule has 4 heteroatoms. The SMILES string of the molecule is CCC(=O)N1N=C(c2ccccc2O)CC1c1ccccc1. The lowest BCUT2D eigenvalue weighted by molar-refractivity contribution is -0.132. The second-order valence-electron chi connectivity index (χ2n) is 5.29. The van der Waals surface area contributed by atoms with Crippen molar-refractivity contribution in [3.63, 3.8) is 0 Å². The van der Waals surface area contributed by atoms with Gasteiger partial charge in [-0.15, -0.1) is 0 Å². The number of para-hydroxylation sites is 1. The predicted molar refractivity (Wildman–Crippen MR) is 85.6 cm³/mol. The molecule has 0 bridgehead atoms. The van der Waals surface area contributed by atoms with E-state index in [4.69, 9.17) is 0 Å². The Balaban J connectivity index is 1.98. The van der Waals surface area contributed by atoms with Gasteiger partial charge < -0.3 is 5.11 Å². The van der Waals surface area contributed by atoms with Gasteiger partial charge in [-0.05, 0) is 17.7 Å². The molecule has 1 heterocycles. The predicted octanol–water partition coefficient (Wildman–Crippen LogP) is 3.48. The number of benzene rings is 2. The molecular weight excluding hydrogens is 276 g/mol. The lowest BCUT2D eigenvalue weighted by atomic mass is 9.98. The Morgan fingerprint density at radius 3 is 2.55 bits per heavy atom. The molecule has 0 spiro atoms. The largest absolute Gasteiger partial charge is 0.507 e. The molecule has 1 aliphatic heterocycles. The number of hydrogen-bond donors (Lipinski definition) is 1. The van der Waals surface area contributed by atoms with Crippen LogP contribution in [0.3, 0.4) is 0 Å². The van der Waals surface area contributed by atoms with E-state index in [0.717, 1.165) is 11.3 Å². The van der Waals surface area contributed by atoms with E-state index in [0.29, 0.717) is 18.4 Å². The molecule has 1 N–H and O–H groups in total. The Kier molecular flexibility index (Phi) is 3.92. The zero-order chi connectivity index (χ0) is 15.5. The fourth-order valence-corrected chi connectivity index (χ4v) is 2.72. The van der Waals surface area contributed by atoms with Gasteiger partial charge in [0.25, 0.3) is 0 Å². The third-order valence-corrected chi connectivity index (χ3v) is 3.87. The van der Waals surface area contributed by atoms with Crippen molar-refractivity contribution >= 4 is 11.6 Å². The minimum atomic E-state index is -0.108. The normalized spacial score (nSPS) is 17.4. The number of carbonyl (C=O) groups excluding carboxylic acids is 1. The number of rotatable bonds is 3. The Hall–Kier alpha value is -2.62. The lowest BCUT2D eigenvalue weighted by Gasteiger charge is -2.21. The van der Waals surface area contributed by atoms with E-state index >= 15 is 0 Å². The van der Waals surface area contributed by atoms with Crippen LogP contribution in [0.1, 0.15) is 36.9 Å². The highest BCUT2D eigenvalue weighted by Gasteiger charge is 2.32. The van der Waals surface area contributed by atoms with E-state index in [2.05, 4.69) is 5.10 Å². The fraction of sp³-hybridized carbons (Fsp3) is 0.222. The molecular formula is C18H18N2O2. The third kappa shape index (κ3) is 2.60. The maximum Gasteiger partial charge on any atom is 0.242 e. The minimum Gasteiger partial charge on any atom is -0.507 e. The number of nitrogens with zero attached hydrogens (tertiary/aromatic N) is 2. The van der Waals surface area contributed by atoms with Crippen molar-refractivity contribution in [2.75, 3.05) is 0 Å². The summed E-state index contributed by atoms with van der Waals surface area (Å²) in [4.78, 5) is 12.2. The van der Waals surface area contributed by atoms with Gasteiger partial charge in [0.2, 0.25) is 5.91 Å². The van der Waals surface area contributed by atoms with Gasteiger partial charge in [-0.1, -0.05) is 49.4 Å². The number of amides is 1. The van der Waals surface area contributed by atoms with Gasteiger partial charge >= 0.3 is 0 Å². The van der Waals surface area contributed by atoms with Crippen LogP contribution in [0.25, 0.3) is 0 Å². The van der Waals surface area contributed by atoms with Crippen molar-refractivity contribution in [1.29, 1.82) is 0 Å². The summed E-state index contributed by atoms with van der Waals surface area (Å²) in [6.07, 6.45) is 1.01. The summed E-state index contributed by atoms with van der Waals surface area (Å²) >= 11 is 0. The standard InChI is InChI=1S/C18H18N2O2/c1-2-18(22)20-16(13-8-4-3-5-9-13)12-15(19-20)14-10-6-7-11-17(14)21/h3-11,16,21H,2,12H2,1H3. The first kappa shape index (κ1) is 14.3. The molecule has 0 saturated heterocycles. The van der Waals surface area contributed by atoms with E-state index in [1.807, 2.05) is 49.4 Å². The molecule has 2 aromatic rings. The molecule has 3 rings (SSSR count). The number of hydrazone groups is 1. The van der Waals surface area contributed by atoms with Crippen molar-refractivity contribution in [2.45, 2.75) is 25.8 Å². The average Bonchev–Trinajstić information content (AvgIpc) is 3.00. The third-order valence-electron chi connectivity index (χ3n) is 3.87. The number of phenolic OH excluding ortho intramolecular Hbond substituents is 1. The minimum absolute atomic E-state index is 0.0146. The van der Waals surface area contributed by atoms with Gasteiger partial charge in [0.15, 0.2) is 0 Å². The quantitative estimate of drug-likeness (QED) is 0.942. The number of phenols is 1. The van der Waals surface area contributed by atoms with Crippen molar-refractivity contribution in [2.24, 2.45) is 5.10 Å². The van der Waals surface area contributed by atoms with Gasteiger partial charge in [0, 0.05) is 18.4 Å². The number of hydrogen-bond acceptors (Lipinski definition) is 3. The van der Waals surface area contributed by atoms with Gasteiger partial charge in [-0.2, -0.15) is 5.10 Å². The van der Waals surface area contributed by atoms with Gasteiger partial charge in [-0.3, -0.25) is 4.79 Å². The fourth-order valence-electron chi connectivity index (χ4n) is 2.72. The maximum atomic E-state index is 12.2. The maximum absolute atomic E-state index is 12.2. The van der Waals surface area contributed by atoms with Crippen LogP contribution >= 0.6 is 0 Å². The topological polar surface area (TPSA) is 52.9 Å². The van der Waals surface area contributed by atoms with Crippen LogP contribution in [-0.2, 0) is 4.79 Å². The summed E-state index contributed by atoms with van der Waals surface area (Å²) in [6.45, 7) is 1.83. The van der Waals surface area contributed by atoms with E-state index in [1.54, 1.807) is 17.1 Å². The molecule has 1 atom stereocenters. The molecule has 2 aromatic carbocycles. The van der Waals surface area contributed by atoms with Crippen LogP contribution in [0.5, 0.6) is 5.75 Å². The van der Waals surface area contributed by atoms with E-state index in [1.165, 1.54) is 0 Å². The summed E-state index contributed by atoms with van der Waals surface area (Å²) in [5, 5.41) is 16.1. The molecule has 112 valence electrons. The second-order valence-corrected chi connectivity index (χ2v) is 5.29. The van der Waals surface area contributed by atoms with Crippen LogP contribution in [0, 0.1) is 0 Å². The van der Waals surface area contributed by atoms with Crippen molar-refractivity contribution < 1.29 is 9.90 Å². The van der Waals surface area contributed by atoms with E-state index in [9.17, 15) is 9.90 Å². The van der Waals surface area contributed by atoms with Crippen molar-refractivity contribution in [1.82, 2.24) is 5.01 Å². The zero-order valence-electron chi connectivity index (χ0n) is 12.4. The summed E-state index contributed by atoms with van der Waals surface area (Å²) in [5.74, 6) is 0.179. The molecule has 4 nitrogen and oxygen atoms in total. The summed E-state index contributed by atoms with van der Waals surface area (Å²) in [7, 11) is 0. The molecule has 0 radical (unpaired) electrons. The van der Waals surface area contributed by atoms with Crippen molar-refractivity contribution in [3.8, 4) is 5.75 Å². The summed E-state index contributed by atoms with van der Waals surface area (Å²) in [6, 6.07) is 16.9. The Labute approximate surface area is 129 Å². The van der Waals surface area contributed by atoms with Gasteiger partial charge in [0.05, 0.1) is 11.8 Å². The first-order valence-corrected chi connectivity index (χ1v) is 7.43. The highest BCUT2D eigenvalue weighted by atomic mass is 16.3. The highest BCUT2D eigenvalue weighted by Crippen LogP contribution is 2.34. The van der Waals surface area contributed by atoms with Crippen molar-refractivity contribution in [3.05, 3.63) is 65.7 Å². The van der Waals surface area contributed by atoms with Crippen LogP contribution in [-0.4, -0.2) is 21.7 Å². The number of aromatic hydroxyl groups is 1. The van der Waals surface area contributed by atoms with Crippen LogP contribution < -0.4 is 0 Å². The molecule has 0 fully saturated rings. The zero-order valence-corrected chi connectivity index (χ0v) is 12.4. The monoisotopic (exact) mass is 294 g/mol. The molecule has 1 unspecified atom stereocenters. The molecule has 0 aliphatic carbocycles. The molecule has 0 aromatic heterocycles. The lowest BCUT2D eigenvalue weighted by Crippen LogP contribution is -2.26. The summed E-state index contributed by atoms with van der Waals surface area (Å²) < 4.78 is 0. The number of carbonyl (C=O) groups is 1. The second kappa shape index (κ2) is 6.02. The van der Waals surface area contributed by atoms with Crippen LogP contribution in [0.4, 0.5) is 0 Å². The van der Waals surface area contributed by atoms with Crippen LogP contribution in [0.2, 0.25) is 0 Å². The molecule has 22 heavy (non-hydrogen) atoms. The smallest absolute Gasteiger partial charge is 0.242 e. The van der Waals surface area contributed by atoms with E-state index < -0.39 is 0 Å². The van der Waals surface area contributed by atoms with Gasteiger partial charge in [0.1, 0.15) is 5.75 Å². The Morgan fingerprint density at radius 2 is 1.86 bits per heavy atom. The average molecular weight is 294 g/mol. The Bertz CT molecular complexity index is 710. The first-order chi connectivity index (χ1) is 10.7. The first-order valence-electron chi connectivity index (χ1n) is 7.43. The Morgan fingerprint density at radius 1 is 1.18 bits per heavy atom. The highest BCUT2D eigenvalue weighted by molar-refractivity contribution is 6.05. The summed E-state index contributed by atoms with van der Waals surface area (Å²) in [5.41, 5.74) is 2.49. The molecule has 1 aliphatic rings. The molecule has 1 amide bonds. The van der Waals surface area contributed by atoms with E-state index in [-0.39, 0.29) is 17.7 Å². The van der Waals surface area contributed by atoms with Gasteiger partial charge in [-0.25, -0.2) is 5.01 Å². The molecule has 0 saturated carbocycles. The van der Waals surface area contributed by atoms with Crippen LogP contribution in [0.15, 0.2) is 59.7 Å².